The van der Waals surface area contributed by atoms with Gasteiger partial charge in [0, 0.05) is 11.5 Å². The van der Waals surface area contributed by atoms with Crippen molar-refractivity contribution in [2.24, 2.45) is 17.8 Å². The van der Waals surface area contributed by atoms with Crippen LogP contribution in [0.4, 0.5) is 0 Å². The van der Waals surface area contributed by atoms with Crippen molar-refractivity contribution in [3.63, 3.8) is 0 Å². The molecule has 2 aliphatic rings. The number of halogens is 1. The smallest absolute Gasteiger partial charge is 0.168 e. The lowest BCUT2D eigenvalue weighted by atomic mass is 9.98. The molecule has 0 bridgehead atoms. The SMILES string of the molecule is Cc1cc(Cl)c(C(=O)C2C3CCCC32)cc1C. The molecule has 2 atom stereocenters. The monoisotopic (exact) mass is 248 g/mol. The number of fused-ring (bicyclic) bond motifs is 1. The molecule has 3 rings (SSSR count). The van der Waals surface area contributed by atoms with Gasteiger partial charge >= 0.3 is 0 Å². The van der Waals surface area contributed by atoms with Crippen molar-refractivity contribution in [3.8, 4) is 0 Å². The molecule has 0 spiro atoms. The zero-order chi connectivity index (χ0) is 12.2. The molecule has 2 saturated carbocycles. The molecule has 0 heterocycles. The maximum atomic E-state index is 12.4. The van der Waals surface area contributed by atoms with Gasteiger partial charge in [0.1, 0.15) is 0 Å². The molecule has 17 heavy (non-hydrogen) atoms. The number of carbonyl (C=O) groups is 1. The second kappa shape index (κ2) is 3.84. The van der Waals surface area contributed by atoms with Crippen molar-refractivity contribution in [2.75, 3.05) is 0 Å². The number of hydrogen-bond acceptors (Lipinski definition) is 1. The van der Waals surface area contributed by atoms with E-state index in [0.717, 1.165) is 16.7 Å². The predicted octanol–water partition coefficient (Wildman–Crippen LogP) is 4.19. The highest BCUT2D eigenvalue weighted by molar-refractivity contribution is 6.34. The zero-order valence-electron chi connectivity index (χ0n) is 10.3. The molecule has 0 aliphatic heterocycles. The van der Waals surface area contributed by atoms with E-state index in [2.05, 4.69) is 0 Å². The van der Waals surface area contributed by atoms with E-state index in [1.165, 1.54) is 19.3 Å². The molecule has 2 fully saturated rings. The molecule has 0 saturated heterocycles. The average Bonchev–Trinajstić information content (AvgIpc) is 2.76. The molecule has 1 aromatic rings. The highest BCUT2D eigenvalue weighted by atomic mass is 35.5. The van der Waals surface area contributed by atoms with Crippen molar-refractivity contribution >= 4 is 17.4 Å². The number of hydrogen-bond donors (Lipinski definition) is 0. The summed E-state index contributed by atoms with van der Waals surface area (Å²) in [5, 5.41) is 0.628. The van der Waals surface area contributed by atoms with Gasteiger partial charge in [-0.3, -0.25) is 4.79 Å². The maximum absolute atomic E-state index is 12.4. The van der Waals surface area contributed by atoms with Crippen molar-refractivity contribution in [2.45, 2.75) is 33.1 Å². The molecule has 2 heteroatoms. The fraction of sp³-hybridized carbons (Fsp3) is 0.533. The van der Waals surface area contributed by atoms with Gasteiger partial charge in [-0.2, -0.15) is 0 Å². The van der Waals surface area contributed by atoms with E-state index in [-0.39, 0.29) is 11.7 Å². The Bertz CT molecular complexity index is 482. The summed E-state index contributed by atoms with van der Waals surface area (Å²) in [7, 11) is 0. The molecule has 1 aromatic carbocycles. The number of ketones is 1. The highest BCUT2D eigenvalue weighted by Gasteiger charge is 2.56. The third kappa shape index (κ3) is 1.72. The molecule has 90 valence electrons. The summed E-state index contributed by atoms with van der Waals surface area (Å²) >= 11 is 6.20. The molecule has 0 radical (unpaired) electrons. The number of Topliss-reactive ketones (excluding diaryl/α,β-unsaturated/α-hetero) is 1. The van der Waals surface area contributed by atoms with E-state index < -0.39 is 0 Å². The summed E-state index contributed by atoms with van der Waals surface area (Å²) in [4.78, 5) is 12.4. The minimum atomic E-state index is 0.281. The van der Waals surface area contributed by atoms with Crippen LogP contribution in [-0.4, -0.2) is 5.78 Å². The van der Waals surface area contributed by atoms with E-state index in [4.69, 9.17) is 11.6 Å². The van der Waals surface area contributed by atoms with Gasteiger partial charge in [0.15, 0.2) is 5.78 Å². The molecular weight excluding hydrogens is 232 g/mol. The second-order valence-electron chi connectivity index (χ2n) is 5.56. The van der Waals surface area contributed by atoms with Crippen LogP contribution in [0.25, 0.3) is 0 Å². The van der Waals surface area contributed by atoms with Crippen molar-refractivity contribution in [3.05, 3.63) is 33.8 Å². The van der Waals surface area contributed by atoms with Gasteiger partial charge in [-0.1, -0.05) is 18.0 Å². The Morgan fingerprint density at radius 3 is 2.41 bits per heavy atom. The van der Waals surface area contributed by atoms with Crippen molar-refractivity contribution in [1.29, 1.82) is 0 Å². The third-order valence-corrected chi connectivity index (χ3v) is 4.87. The Balaban J connectivity index is 1.89. The average molecular weight is 249 g/mol. The number of carbonyl (C=O) groups excluding carboxylic acids is 1. The summed E-state index contributed by atoms with van der Waals surface area (Å²) in [5.74, 6) is 1.90. The highest BCUT2D eigenvalue weighted by Crippen LogP contribution is 2.58. The Kier molecular flexibility index (Phi) is 2.55. The number of rotatable bonds is 2. The molecule has 2 aliphatic carbocycles. The molecule has 0 amide bonds. The van der Waals surface area contributed by atoms with Crippen LogP contribution in [0.15, 0.2) is 12.1 Å². The van der Waals surface area contributed by atoms with E-state index in [9.17, 15) is 4.79 Å². The second-order valence-corrected chi connectivity index (χ2v) is 5.97. The summed E-state index contributed by atoms with van der Waals surface area (Å²) in [6.45, 7) is 4.07. The lowest BCUT2D eigenvalue weighted by Gasteiger charge is -2.08. The Morgan fingerprint density at radius 2 is 1.76 bits per heavy atom. The van der Waals surface area contributed by atoms with Crippen molar-refractivity contribution in [1.82, 2.24) is 0 Å². The van der Waals surface area contributed by atoms with Gasteiger partial charge in [-0.15, -0.1) is 0 Å². The van der Waals surface area contributed by atoms with Crippen LogP contribution in [0, 0.1) is 31.6 Å². The lowest BCUT2D eigenvalue weighted by Crippen LogP contribution is -2.07. The Hall–Kier alpha value is -0.820. The molecule has 0 N–H and O–H groups in total. The van der Waals surface area contributed by atoms with E-state index >= 15 is 0 Å². The summed E-state index contributed by atoms with van der Waals surface area (Å²) in [5.41, 5.74) is 3.06. The van der Waals surface area contributed by atoms with Crippen LogP contribution in [0.3, 0.4) is 0 Å². The fourth-order valence-corrected chi connectivity index (χ4v) is 3.67. The standard InChI is InChI=1S/C15H17ClO/c1-8-6-12(13(16)7-9(8)2)15(17)14-10-4-3-5-11(10)14/h6-7,10-11,14H,3-5H2,1-2H3. The first-order valence-corrected chi connectivity index (χ1v) is 6.78. The Morgan fingerprint density at radius 1 is 1.18 bits per heavy atom. The van der Waals surface area contributed by atoms with Gasteiger partial charge in [0.05, 0.1) is 5.02 Å². The normalized spacial score (nSPS) is 30.2. The van der Waals surface area contributed by atoms with Gasteiger partial charge in [0.25, 0.3) is 0 Å². The first kappa shape index (κ1) is 11.3. The molecule has 2 unspecified atom stereocenters. The lowest BCUT2D eigenvalue weighted by molar-refractivity contribution is 0.0951. The topological polar surface area (TPSA) is 17.1 Å². The van der Waals surface area contributed by atoms with Crippen LogP contribution < -0.4 is 0 Å². The fourth-order valence-electron chi connectivity index (χ4n) is 3.36. The van der Waals surface area contributed by atoms with Crippen LogP contribution in [0.5, 0.6) is 0 Å². The number of benzene rings is 1. The van der Waals surface area contributed by atoms with Gasteiger partial charge < -0.3 is 0 Å². The van der Waals surface area contributed by atoms with E-state index in [1.807, 2.05) is 26.0 Å². The maximum Gasteiger partial charge on any atom is 0.168 e. The van der Waals surface area contributed by atoms with Gasteiger partial charge in [0.2, 0.25) is 0 Å². The Labute approximate surface area is 107 Å². The van der Waals surface area contributed by atoms with Crippen LogP contribution >= 0.6 is 11.6 Å². The first-order chi connectivity index (χ1) is 8.09. The molecule has 0 aromatic heterocycles. The molecular formula is C15H17ClO. The first-order valence-electron chi connectivity index (χ1n) is 6.40. The van der Waals surface area contributed by atoms with Gasteiger partial charge in [-0.25, -0.2) is 0 Å². The summed E-state index contributed by atoms with van der Waals surface area (Å²) in [6.07, 6.45) is 3.78. The van der Waals surface area contributed by atoms with Gasteiger partial charge in [-0.05, 0) is 61.8 Å². The largest absolute Gasteiger partial charge is 0.294 e. The summed E-state index contributed by atoms with van der Waals surface area (Å²) in [6, 6.07) is 3.89. The van der Waals surface area contributed by atoms with E-state index in [0.29, 0.717) is 16.9 Å². The number of aryl methyl sites for hydroxylation is 2. The minimum Gasteiger partial charge on any atom is -0.294 e. The minimum absolute atomic E-state index is 0.281. The van der Waals surface area contributed by atoms with Crippen LogP contribution in [0.1, 0.15) is 40.7 Å². The van der Waals surface area contributed by atoms with Crippen LogP contribution in [0.2, 0.25) is 5.02 Å². The third-order valence-electron chi connectivity index (χ3n) is 4.56. The van der Waals surface area contributed by atoms with E-state index in [1.54, 1.807) is 0 Å². The molecule has 1 nitrogen and oxygen atoms in total. The zero-order valence-corrected chi connectivity index (χ0v) is 11.1. The quantitative estimate of drug-likeness (QED) is 0.718. The predicted molar refractivity (Wildman–Crippen MR) is 69.6 cm³/mol. The van der Waals surface area contributed by atoms with Crippen molar-refractivity contribution < 1.29 is 4.79 Å². The summed E-state index contributed by atoms with van der Waals surface area (Å²) < 4.78 is 0. The van der Waals surface area contributed by atoms with Crippen LogP contribution in [-0.2, 0) is 0 Å².